The average molecular weight is 323 g/mol. The Balaban J connectivity index is 1.47. The van der Waals surface area contributed by atoms with Crippen LogP contribution in [0.5, 0.6) is 0 Å². The third-order valence-electron chi connectivity index (χ3n) is 4.35. The van der Waals surface area contributed by atoms with Gasteiger partial charge in [-0.1, -0.05) is 36.4 Å². The molecule has 23 heavy (non-hydrogen) atoms. The van der Waals surface area contributed by atoms with Crippen molar-refractivity contribution in [2.75, 3.05) is 13.1 Å². The van der Waals surface area contributed by atoms with Crippen LogP contribution in [0.3, 0.4) is 0 Å². The topological polar surface area (TPSA) is 3.24 Å². The fraction of sp³-hybridized carbons (Fsp3) is 0.200. The van der Waals surface area contributed by atoms with Gasteiger partial charge in [-0.15, -0.1) is 11.3 Å². The molecule has 3 heteroatoms. The van der Waals surface area contributed by atoms with Crippen LogP contribution in [0.15, 0.2) is 60.7 Å². The summed E-state index contributed by atoms with van der Waals surface area (Å²) in [5.41, 5.74) is 2.63. The van der Waals surface area contributed by atoms with E-state index in [0.717, 1.165) is 26.1 Å². The van der Waals surface area contributed by atoms with Crippen LogP contribution in [0.4, 0.5) is 4.39 Å². The van der Waals surface area contributed by atoms with Crippen LogP contribution < -0.4 is 0 Å². The molecule has 0 saturated carbocycles. The summed E-state index contributed by atoms with van der Waals surface area (Å²) in [6, 6.07) is 17.7. The van der Waals surface area contributed by atoms with Gasteiger partial charge in [0.1, 0.15) is 5.82 Å². The number of hydrogen-bond acceptors (Lipinski definition) is 2. The van der Waals surface area contributed by atoms with Crippen LogP contribution in [0, 0.1) is 5.82 Å². The lowest BCUT2D eigenvalue weighted by Crippen LogP contribution is -2.27. The van der Waals surface area contributed by atoms with Crippen molar-refractivity contribution in [3.05, 3.63) is 76.9 Å². The first kappa shape index (κ1) is 14.6. The summed E-state index contributed by atoms with van der Waals surface area (Å²) >= 11 is 1.88. The van der Waals surface area contributed by atoms with Crippen molar-refractivity contribution >= 4 is 27.0 Å². The Morgan fingerprint density at radius 3 is 2.61 bits per heavy atom. The molecular formula is C20H18FNS. The van der Waals surface area contributed by atoms with Gasteiger partial charge in [0.25, 0.3) is 0 Å². The second-order valence-electron chi connectivity index (χ2n) is 5.99. The molecule has 0 spiro atoms. The average Bonchev–Trinajstić information content (AvgIpc) is 3.02. The fourth-order valence-electron chi connectivity index (χ4n) is 3.07. The summed E-state index contributed by atoms with van der Waals surface area (Å²) in [5.74, 6) is -0.167. The highest BCUT2D eigenvalue weighted by molar-refractivity contribution is 7.20. The zero-order chi connectivity index (χ0) is 15.6. The standard InChI is InChI=1S/C20H18FNS/c21-18-7-5-15(6-8-18)14-22-11-9-16(10-12-22)20-13-17-3-1-2-4-19(17)23-20/h1-9,13H,10-12,14H2. The zero-order valence-corrected chi connectivity index (χ0v) is 13.7. The summed E-state index contributed by atoms with van der Waals surface area (Å²) in [5, 5.41) is 1.34. The third-order valence-corrected chi connectivity index (χ3v) is 5.55. The molecule has 0 unspecified atom stereocenters. The minimum Gasteiger partial charge on any atom is -0.295 e. The first-order valence-corrected chi connectivity index (χ1v) is 8.74. The summed E-state index contributed by atoms with van der Waals surface area (Å²) in [6.45, 7) is 2.90. The maximum atomic E-state index is 13.0. The highest BCUT2D eigenvalue weighted by atomic mass is 32.1. The Morgan fingerprint density at radius 2 is 1.87 bits per heavy atom. The normalized spacial score (nSPS) is 15.8. The smallest absolute Gasteiger partial charge is 0.123 e. The van der Waals surface area contributed by atoms with E-state index in [2.05, 4.69) is 41.3 Å². The number of hydrogen-bond donors (Lipinski definition) is 0. The molecule has 2 aromatic carbocycles. The molecule has 1 aliphatic rings. The van der Waals surface area contributed by atoms with Crippen LogP contribution in [-0.2, 0) is 6.54 Å². The van der Waals surface area contributed by atoms with Gasteiger partial charge in [0.15, 0.2) is 0 Å². The number of halogens is 1. The van der Waals surface area contributed by atoms with Crippen LogP contribution in [0.25, 0.3) is 15.7 Å². The number of fused-ring (bicyclic) bond motifs is 1. The molecule has 0 fully saturated rings. The van der Waals surface area contributed by atoms with Crippen molar-refractivity contribution in [3.8, 4) is 0 Å². The maximum absolute atomic E-state index is 13.0. The van der Waals surface area contributed by atoms with Crippen LogP contribution in [0.1, 0.15) is 16.9 Å². The van der Waals surface area contributed by atoms with Crippen molar-refractivity contribution in [1.29, 1.82) is 0 Å². The van der Waals surface area contributed by atoms with E-state index in [4.69, 9.17) is 0 Å². The highest BCUT2D eigenvalue weighted by Crippen LogP contribution is 2.33. The second kappa shape index (κ2) is 6.26. The monoisotopic (exact) mass is 323 g/mol. The molecular weight excluding hydrogens is 305 g/mol. The Hall–Kier alpha value is -1.97. The van der Waals surface area contributed by atoms with E-state index in [1.807, 2.05) is 23.5 Å². The summed E-state index contributed by atoms with van der Waals surface area (Å²) < 4.78 is 14.3. The molecule has 0 bridgehead atoms. The fourth-order valence-corrected chi connectivity index (χ4v) is 4.20. The van der Waals surface area contributed by atoms with E-state index in [-0.39, 0.29) is 5.82 Å². The van der Waals surface area contributed by atoms with Gasteiger partial charge in [0, 0.05) is 29.2 Å². The molecule has 116 valence electrons. The molecule has 1 aromatic heterocycles. The Kier molecular flexibility index (Phi) is 3.98. The molecule has 2 heterocycles. The quantitative estimate of drug-likeness (QED) is 0.630. The zero-order valence-electron chi connectivity index (χ0n) is 12.8. The lowest BCUT2D eigenvalue weighted by Gasteiger charge is -2.26. The van der Waals surface area contributed by atoms with Gasteiger partial charge in [-0.3, -0.25) is 4.90 Å². The van der Waals surface area contributed by atoms with E-state index < -0.39 is 0 Å². The Bertz CT molecular complexity index is 814. The van der Waals surface area contributed by atoms with Crippen molar-refractivity contribution in [3.63, 3.8) is 0 Å². The molecule has 0 atom stereocenters. The molecule has 0 aliphatic carbocycles. The van der Waals surface area contributed by atoms with Gasteiger partial charge in [0.05, 0.1) is 0 Å². The first-order valence-electron chi connectivity index (χ1n) is 7.93. The minimum absolute atomic E-state index is 0.167. The van der Waals surface area contributed by atoms with Gasteiger partial charge in [-0.05, 0) is 47.2 Å². The Labute approximate surface area is 139 Å². The number of benzene rings is 2. The van der Waals surface area contributed by atoms with Crippen molar-refractivity contribution < 1.29 is 4.39 Å². The predicted octanol–water partition coefficient (Wildman–Crippen LogP) is 5.33. The van der Waals surface area contributed by atoms with E-state index in [9.17, 15) is 4.39 Å². The largest absolute Gasteiger partial charge is 0.295 e. The van der Waals surface area contributed by atoms with Crippen molar-refractivity contribution in [2.45, 2.75) is 13.0 Å². The molecule has 0 N–H and O–H groups in total. The second-order valence-corrected chi connectivity index (χ2v) is 7.07. The van der Waals surface area contributed by atoms with Crippen LogP contribution in [-0.4, -0.2) is 18.0 Å². The van der Waals surface area contributed by atoms with E-state index >= 15 is 0 Å². The molecule has 1 aliphatic heterocycles. The minimum atomic E-state index is -0.167. The van der Waals surface area contributed by atoms with Crippen LogP contribution >= 0.6 is 11.3 Å². The van der Waals surface area contributed by atoms with E-state index in [1.165, 1.54) is 38.2 Å². The molecule has 0 saturated heterocycles. The SMILES string of the molecule is Fc1ccc(CN2CC=C(c3cc4ccccc4s3)CC2)cc1. The number of thiophene rings is 1. The van der Waals surface area contributed by atoms with Gasteiger partial charge >= 0.3 is 0 Å². The van der Waals surface area contributed by atoms with Gasteiger partial charge in [-0.25, -0.2) is 4.39 Å². The van der Waals surface area contributed by atoms with E-state index in [0.29, 0.717) is 0 Å². The lowest BCUT2D eigenvalue weighted by atomic mass is 10.1. The predicted molar refractivity (Wildman–Crippen MR) is 96.1 cm³/mol. The Morgan fingerprint density at radius 1 is 1.04 bits per heavy atom. The molecule has 4 rings (SSSR count). The summed E-state index contributed by atoms with van der Waals surface area (Å²) in [6.07, 6.45) is 3.42. The van der Waals surface area contributed by atoms with Gasteiger partial charge in [-0.2, -0.15) is 0 Å². The third kappa shape index (κ3) is 3.21. The van der Waals surface area contributed by atoms with Gasteiger partial charge < -0.3 is 0 Å². The van der Waals surface area contributed by atoms with Crippen molar-refractivity contribution in [2.24, 2.45) is 0 Å². The maximum Gasteiger partial charge on any atom is 0.123 e. The van der Waals surface area contributed by atoms with Gasteiger partial charge in [0.2, 0.25) is 0 Å². The molecule has 1 nitrogen and oxygen atoms in total. The molecule has 0 amide bonds. The van der Waals surface area contributed by atoms with Crippen molar-refractivity contribution in [1.82, 2.24) is 4.90 Å². The summed E-state index contributed by atoms with van der Waals surface area (Å²) in [7, 11) is 0. The van der Waals surface area contributed by atoms with Crippen LogP contribution in [0.2, 0.25) is 0 Å². The van der Waals surface area contributed by atoms with E-state index in [1.54, 1.807) is 0 Å². The highest BCUT2D eigenvalue weighted by Gasteiger charge is 2.15. The molecule has 3 aromatic rings. The molecule has 0 radical (unpaired) electrons. The first-order chi connectivity index (χ1) is 11.3. The number of nitrogens with zero attached hydrogens (tertiary/aromatic N) is 1. The number of rotatable bonds is 3. The lowest BCUT2D eigenvalue weighted by molar-refractivity contribution is 0.294. The summed E-state index contributed by atoms with van der Waals surface area (Å²) in [4.78, 5) is 3.80.